The second-order valence-electron chi connectivity index (χ2n) is 9.99. The molecule has 2 heterocycles. The third-order valence-corrected chi connectivity index (χ3v) is 9.00. The van der Waals surface area contributed by atoms with E-state index in [-0.39, 0.29) is 56.3 Å². The van der Waals surface area contributed by atoms with Crippen LogP contribution in [0.25, 0.3) is 5.65 Å². The molecular formula is C28H36BrCl4N5O3. The van der Waals surface area contributed by atoms with Gasteiger partial charge in [-0.25, -0.2) is 4.98 Å². The first-order chi connectivity index (χ1) is 18.7. The molecular weight excluding hydrogens is 676 g/mol. The van der Waals surface area contributed by atoms with E-state index in [1.165, 1.54) is 30.6 Å². The van der Waals surface area contributed by atoms with Crippen LogP contribution in [0.1, 0.15) is 49.8 Å². The maximum atomic E-state index is 12.9. The molecule has 41 heavy (non-hydrogen) atoms. The molecule has 226 valence electrons. The number of nitrogens with one attached hydrogen (secondary N) is 1. The molecule has 0 unspecified atom stereocenters. The molecule has 0 aliphatic heterocycles. The maximum absolute atomic E-state index is 12.9. The first-order valence-electron chi connectivity index (χ1n) is 13.1. The predicted octanol–water partition coefficient (Wildman–Crippen LogP) is 6.87. The van der Waals surface area contributed by atoms with Crippen LogP contribution < -0.4 is 15.0 Å². The summed E-state index contributed by atoms with van der Waals surface area (Å²) in [6.07, 6.45) is 9.04. The molecule has 1 aliphatic carbocycles. The van der Waals surface area contributed by atoms with Gasteiger partial charge >= 0.3 is 0 Å². The Hall–Kier alpha value is -1.75. The minimum absolute atomic E-state index is 0. The molecule has 1 aliphatic rings. The Kier molecular flexibility index (Phi) is 14.0. The lowest BCUT2D eigenvalue weighted by Crippen LogP contribution is -2.44. The highest BCUT2D eigenvalue weighted by molar-refractivity contribution is 9.10. The maximum Gasteiger partial charge on any atom is 0.246 e. The zero-order valence-corrected chi connectivity index (χ0v) is 28.0. The SMILES string of the molecule is Cc1nc2c(OCc3c(Cl)ccc(N(C)C(=O)CNC(=O)CN(C)C4CCCCCC4)c3Cl)cccn2c1Br.Cl.Cl. The van der Waals surface area contributed by atoms with Crippen LogP contribution in [0.4, 0.5) is 5.69 Å². The van der Waals surface area contributed by atoms with Crippen molar-refractivity contribution in [1.82, 2.24) is 19.6 Å². The van der Waals surface area contributed by atoms with Crippen molar-refractivity contribution in [1.29, 1.82) is 0 Å². The van der Waals surface area contributed by atoms with Crippen LogP contribution in [0.2, 0.25) is 10.0 Å². The Bertz CT molecular complexity index is 1350. The van der Waals surface area contributed by atoms with Gasteiger partial charge in [-0.1, -0.05) is 48.9 Å². The number of ether oxygens (including phenoxy) is 1. The topological polar surface area (TPSA) is 79.2 Å². The normalized spacial score (nSPS) is 13.7. The number of amides is 2. The van der Waals surface area contributed by atoms with Crippen molar-refractivity contribution >= 4 is 87.1 Å². The van der Waals surface area contributed by atoms with Crippen LogP contribution in [-0.2, 0) is 16.2 Å². The molecule has 4 rings (SSSR count). The zero-order chi connectivity index (χ0) is 28.1. The predicted molar refractivity (Wildman–Crippen MR) is 173 cm³/mol. The Labute approximate surface area is 272 Å². The number of nitrogens with zero attached hydrogens (tertiary/aromatic N) is 4. The smallest absolute Gasteiger partial charge is 0.246 e. The summed E-state index contributed by atoms with van der Waals surface area (Å²) in [7, 11) is 3.60. The minimum atomic E-state index is -0.293. The number of pyridine rings is 1. The van der Waals surface area contributed by atoms with E-state index in [1.807, 2.05) is 36.7 Å². The molecule has 2 aromatic heterocycles. The molecule has 2 amide bonds. The van der Waals surface area contributed by atoms with Crippen molar-refractivity contribution in [3.8, 4) is 5.75 Å². The lowest BCUT2D eigenvalue weighted by molar-refractivity contribution is -0.125. The molecule has 1 aromatic carbocycles. The molecule has 3 aromatic rings. The van der Waals surface area contributed by atoms with Crippen LogP contribution in [0, 0.1) is 6.92 Å². The van der Waals surface area contributed by atoms with E-state index >= 15 is 0 Å². The molecule has 1 saturated carbocycles. The number of imidazole rings is 1. The fraction of sp³-hybridized carbons (Fsp3) is 0.464. The van der Waals surface area contributed by atoms with E-state index in [9.17, 15) is 9.59 Å². The van der Waals surface area contributed by atoms with Crippen molar-refractivity contribution in [2.24, 2.45) is 0 Å². The van der Waals surface area contributed by atoms with Crippen LogP contribution in [0.3, 0.4) is 0 Å². The third-order valence-electron chi connectivity index (χ3n) is 7.27. The Morgan fingerprint density at radius 3 is 2.49 bits per heavy atom. The van der Waals surface area contributed by atoms with E-state index in [0.717, 1.165) is 23.1 Å². The summed E-state index contributed by atoms with van der Waals surface area (Å²) in [4.78, 5) is 33.6. The zero-order valence-electron chi connectivity index (χ0n) is 23.3. The van der Waals surface area contributed by atoms with Gasteiger partial charge in [-0.15, -0.1) is 24.8 Å². The molecule has 8 nitrogen and oxygen atoms in total. The number of carbonyl (C=O) groups is 2. The number of benzene rings is 1. The van der Waals surface area contributed by atoms with Gasteiger partial charge in [0.15, 0.2) is 11.4 Å². The molecule has 1 fully saturated rings. The monoisotopic (exact) mass is 709 g/mol. The van der Waals surface area contributed by atoms with Crippen LogP contribution >= 0.6 is 63.9 Å². The summed E-state index contributed by atoms with van der Waals surface area (Å²) in [6, 6.07) is 7.47. The summed E-state index contributed by atoms with van der Waals surface area (Å²) >= 11 is 16.7. The fourth-order valence-corrected chi connectivity index (χ4v) is 5.88. The molecule has 0 bridgehead atoms. The Morgan fingerprint density at radius 2 is 1.80 bits per heavy atom. The number of halogens is 5. The minimum Gasteiger partial charge on any atom is -0.485 e. The van der Waals surface area contributed by atoms with Gasteiger partial charge in [-0.2, -0.15) is 0 Å². The Morgan fingerprint density at radius 1 is 1.12 bits per heavy atom. The highest BCUT2D eigenvalue weighted by Gasteiger charge is 2.22. The average Bonchev–Trinajstić information content (AvgIpc) is 3.07. The Balaban J connectivity index is 0.00000294. The van der Waals surface area contributed by atoms with E-state index in [4.69, 9.17) is 27.9 Å². The van der Waals surface area contributed by atoms with Crippen LogP contribution in [0.15, 0.2) is 35.1 Å². The van der Waals surface area contributed by atoms with E-state index < -0.39 is 0 Å². The van der Waals surface area contributed by atoms with Gasteiger partial charge in [-0.3, -0.25) is 18.9 Å². The van der Waals surface area contributed by atoms with Gasteiger partial charge in [0, 0.05) is 29.9 Å². The number of hydrogen-bond donors (Lipinski definition) is 1. The van der Waals surface area contributed by atoms with Crippen LogP contribution in [-0.4, -0.2) is 59.3 Å². The average molecular weight is 712 g/mol. The summed E-state index contributed by atoms with van der Waals surface area (Å²) < 4.78 is 8.81. The lowest BCUT2D eigenvalue weighted by atomic mass is 10.1. The van der Waals surface area contributed by atoms with Crippen molar-refractivity contribution in [3.63, 3.8) is 0 Å². The number of aromatic nitrogens is 2. The fourth-order valence-electron chi connectivity index (χ4n) is 4.90. The number of fused-ring (bicyclic) bond motifs is 1. The van der Waals surface area contributed by atoms with Crippen molar-refractivity contribution in [2.75, 3.05) is 32.1 Å². The number of carbonyl (C=O) groups excluding carboxylic acids is 2. The largest absolute Gasteiger partial charge is 0.485 e. The third kappa shape index (κ3) is 8.65. The molecule has 0 saturated heterocycles. The lowest BCUT2D eigenvalue weighted by Gasteiger charge is -2.26. The van der Waals surface area contributed by atoms with Crippen molar-refractivity contribution in [2.45, 2.75) is 58.1 Å². The molecule has 0 spiro atoms. The molecule has 0 radical (unpaired) electrons. The number of anilines is 1. The highest BCUT2D eigenvalue weighted by Crippen LogP contribution is 2.35. The number of hydrogen-bond acceptors (Lipinski definition) is 5. The van der Waals surface area contributed by atoms with Gasteiger partial charge in [0.2, 0.25) is 11.8 Å². The quantitative estimate of drug-likeness (QED) is 0.245. The molecule has 1 N–H and O–H groups in total. The first kappa shape index (κ1) is 35.4. The molecule has 13 heteroatoms. The standard InChI is InChI=1S/C28H34BrCl2N5O3.2ClH/c1-18-27(29)36-14-8-11-23(28(36)33-18)39-17-20-21(30)12-13-22(26(20)31)35(3)25(38)15-32-24(37)16-34(2)19-9-6-4-5-7-10-19;;/h8,11-14,19H,4-7,9-10,15-17H2,1-3H3,(H,32,37);2*1H. The second kappa shape index (κ2) is 16.2. The summed E-state index contributed by atoms with van der Waals surface area (Å²) in [5.74, 6) is 0.110. The molecule has 0 atom stereocenters. The summed E-state index contributed by atoms with van der Waals surface area (Å²) in [6.45, 7) is 2.13. The first-order valence-corrected chi connectivity index (χ1v) is 14.7. The van der Waals surface area contributed by atoms with Gasteiger partial charge < -0.3 is 15.0 Å². The van der Waals surface area contributed by atoms with Gasteiger partial charge in [0.1, 0.15) is 11.2 Å². The summed E-state index contributed by atoms with van der Waals surface area (Å²) in [5, 5.41) is 3.49. The van der Waals surface area contributed by atoms with Crippen molar-refractivity contribution in [3.05, 3.63) is 56.4 Å². The van der Waals surface area contributed by atoms with Crippen LogP contribution in [0.5, 0.6) is 5.75 Å². The second-order valence-corrected chi connectivity index (χ2v) is 11.5. The summed E-state index contributed by atoms with van der Waals surface area (Å²) in [5.41, 5.74) is 2.53. The number of likely N-dealkylation sites (N-methyl/N-ethyl adjacent to an activating group) is 2. The number of rotatable bonds is 9. The van der Waals surface area contributed by atoms with E-state index in [2.05, 4.69) is 31.1 Å². The van der Waals surface area contributed by atoms with Crippen molar-refractivity contribution < 1.29 is 14.3 Å². The number of aryl methyl sites for hydroxylation is 1. The van der Waals surface area contributed by atoms with Gasteiger partial charge in [0.05, 0.1) is 29.5 Å². The van der Waals surface area contributed by atoms with E-state index in [1.54, 1.807) is 19.2 Å². The van der Waals surface area contributed by atoms with Gasteiger partial charge in [-0.05, 0) is 67.0 Å². The highest BCUT2D eigenvalue weighted by atomic mass is 79.9. The van der Waals surface area contributed by atoms with E-state index in [0.29, 0.717) is 38.7 Å². The van der Waals surface area contributed by atoms with Gasteiger partial charge in [0.25, 0.3) is 0 Å².